The van der Waals surface area contributed by atoms with Crippen molar-refractivity contribution in [3.63, 3.8) is 0 Å². The Labute approximate surface area is 122 Å². The van der Waals surface area contributed by atoms with Gasteiger partial charge in [-0.1, -0.05) is 57.9 Å². The number of rotatable bonds is 4. The summed E-state index contributed by atoms with van der Waals surface area (Å²) in [5, 5.41) is 3.77. The summed E-state index contributed by atoms with van der Waals surface area (Å²) < 4.78 is 0. The highest BCUT2D eigenvalue weighted by atomic mass is 79.9. The highest BCUT2D eigenvalue weighted by molar-refractivity contribution is 9.08. The summed E-state index contributed by atoms with van der Waals surface area (Å²) in [6.07, 6.45) is 0. The van der Waals surface area contributed by atoms with Crippen molar-refractivity contribution in [2.75, 3.05) is 0 Å². The Morgan fingerprint density at radius 3 is 2.58 bits per heavy atom. The van der Waals surface area contributed by atoms with Crippen LogP contribution >= 0.6 is 15.9 Å². The molecule has 1 N–H and O–H groups in total. The number of alkyl halides is 1. The van der Waals surface area contributed by atoms with E-state index in [1.165, 1.54) is 5.56 Å². The van der Waals surface area contributed by atoms with Gasteiger partial charge in [0, 0.05) is 17.4 Å². The maximum atomic E-state index is 12.0. The third-order valence-corrected chi connectivity index (χ3v) is 3.53. The van der Waals surface area contributed by atoms with Gasteiger partial charge in [-0.2, -0.15) is 0 Å². The summed E-state index contributed by atoms with van der Waals surface area (Å²) in [6, 6.07) is 15.8. The maximum absolute atomic E-state index is 12.0. The van der Waals surface area contributed by atoms with E-state index in [9.17, 15) is 4.79 Å². The van der Waals surface area contributed by atoms with E-state index in [2.05, 4.69) is 33.4 Å². The van der Waals surface area contributed by atoms with Crippen molar-refractivity contribution in [3.05, 3.63) is 70.8 Å². The Kier molecular flexibility index (Phi) is 4.74. The molecule has 0 radical (unpaired) electrons. The zero-order chi connectivity index (χ0) is 13.7. The number of carbonyl (C=O) groups excluding carboxylic acids is 1. The number of halogens is 1. The van der Waals surface area contributed by atoms with Crippen molar-refractivity contribution in [1.82, 2.24) is 5.32 Å². The zero-order valence-electron chi connectivity index (χ0n) is 10.8. The molecule has 0 heterocycles. The largest absolute Gasteiger partial charge is 0.348 e. The van der Waals surface area contributed by atoms with Gasteiger partial charge >= 0.3 is 0 Å². The number of hydrogen-bond donors (Lipinski definition) is 1. The second kappa shape index (κ2) is 6.53. The van der Waals surface area contributed by atoms with Crippen molar-refractivity contribution in [2.24, 2.45) is 0 Å². The van der Waals surface area contributed by atoms with Crippen LogP contribution in [0.3, 0.4) is 0 Å². The lowest BCUT2D eigenvalue weighted by Gasteiger charge is -2.07. The molecule has 2 rings (SSSR count). The van der Waals surface area contributed by atoms with Gasteiger partial charge in [0.25, 0.3) is 5.91 Å². The van der Waals surface area contributed by atoms with Crippen LogP contribution in [0, 0.1) is 6.92 Å². The second-order valence-electron chi connectivity index (χ2n) is 4.51. The van der Waals surface area contributed by atoms with E-state index >= 15 is 0 Å². The average Bonchev–Trinajstić information content (AvgIpc) is 2.45. The van der Waals surface area contributed by atoms with Gasteiger partial charge in [-0.25, -0.2) is 0 Å². The summed E-state index contributed by atoms with van der Waals surface area (Å²) in [4.78, 5) is 12.0. The molecule has 3 heteroatoms. The summed E-state index contributed by atoms with van der Waals surface area (Å²) >= 11 is 3.43. The first-order chi connectivity index (χ1) is 9.19. The van der Waals surface area contributed by atoms with E-state index in [1.54, 1.807) is 0 Å². The number of nitrogens with one attached hydrogen (secondary N) is 1. The lowest BCUT2D eigenvalue weighted by Crippen LogP contribution is -2.22. The highest BCUT2D eigenvalue weighted by Gasteiger charge is 2.05. The highest BCUT2D eigenvalue weighted by Crippen LogP contribution is 2.09. The first-order valence-corrected chi connectivity index (χ1v) is 7.30. The SMILES string of the molecule is Cc1cccc(C(=O)NCc2cccc(CBr)c2)c1. The van der Waals surface area contributed by atoms with Gasteiger partial charge in [0.05, 0.1) is 0 Å². The molecular formula is C16H16BrNO. The Hall–Kier alpha value is -1.61. The minimum atomic E-state index is -0.0343. The fourth-order valence-corrected chi connectivity index (χ4v) is 2.24. The molecular weight excluding hydrogens is 302 g/mol. The van der Waals surface area contributed by atoms with Gasteiger partial charge in [-0.3, -0.25) is 4.79 Å². The predicted molar refractivity (Wildman–Crippen MR) is 81.4 cm³/mol. The van der Waals surface area contributed by atoms with Gasteiger partial charge in [0.1, 0.15) is 0 Å². The van der Waals surface area contributed by atoms with Crippen LogP contribution in [0.25, 0.3) is 0 Å². The van der Waals surface area contributed by atoms with E-state index in [0.717, 1.165) is 16.5 Å². The fourth-order valence-electron chi connectivity index (χ4n) is 1.89. The molecule has 0 aliphatic heterocycles. The Bertz CT molecular complexity index is 580. The molecule has 2 nitrogen and oxygen atoms in total. The molecule has 0 aliphatic rings. The van der Waals surface area contributed by atoms with Crippen LogP contribution in [0.2, 0.25) is 0 Å². The maximum Gasteiger partial charge on any atom is 0.251 e. The molecule has 2 aromatic rings. The van der Waals surface area contributed by atoms with E-state index in [-0.39, 0.29) is 5.91 Å². The molecule has 0 spiro atoms. The van der Waals surface area contributed by atoms with Crippen LogP contribution in [-0.4, -0.2) is 5.91 Å². The standard InChI is InChI=1S/C16H16BrNO/c1-12-4-2-7-15(8-12)16(19)18-11-14-6-3-5-13(9-14)10-17/h2-9H,10-11H2,1H3,(H,18,19). The first kappa shape index (κ1) is 13.8. The lowest BCUT2D eigenvalue weighted by molar-refractivity contribution is 0.0951. The van der Waals surface area contributed by atoms with Crippen LogP contribution in [0.5, 0.6) is 0 Å². The summed E-state index contributed by atoms with van der Waals surface area (Å²) in [5.74, 6) is -0.0343. The minimum absolute atomic E-state index is 0.0343. The molecule has 0 aliphatic carbocycles. The second-order valence-corrected chi connectivity index (χ2v) is 5.07. The number of amides is 1. The van der Waals surface area contributed by atoms with E-state index < -0.39 is 0 Å². The van der Waals surface area contributed by atoms with Crippen LogP contribution in [0.1, 0.15) is 27.0 Å². The molecule has 0 bridgehead atoms. The number of hydrogen-bond acceptors (Lipinski definition) is 1. The fraction of sp³-hybridized carbons (Fsp3) is 0.188. The number of carbonyl (C=O) groups is 1. The molecule has 2 aromatic carbocycles. The topological polar surface area (TPSA) is 29.1 Å². The Morgan fingerprint density at radius 1 is 1.11 bits per heavy atom. The monoisotopic (exact) mass is 317 g/mol. The molecule has 0 unspecified atom stereocenters. The van der Waals surface area contributed by atoms with Crippen LogP contribution in [0.4, 0.5) is 0 Å². The van der Waals surface area contributed by atoms with Crippen LogP contribution in [0.15, 0.2) is 48.5 Å². The van der Waals surface area contributed by atoms with Crippen molar-refractivity contribution in [1.29, 1.82) is 0 Å². The molecule has 19 heavy (non-hydrogen) atoms. The minimum Gasteiger partial charge on any atom is -0.348 e. The van der Waals surface area contributed by atoms with E-state index in [1.807, 2.05) is 43.3 Å². The lowest BCUT2D eigenvalue weighted by atomic mass is 10.1. The van der Waals surface area contributed by atoms with Crippen molar-refractivity contribution in [3.8, 4) is 0 Å². The van der Waals surface area contributed by atoms with Crippen LogP contribution < -0.4 is 5.32 Å². The van der Waals surface area contributed by atoms with E-state index in [0.29, 0.717) is 12.1 Å². The molecule has 0 saturated heterocycles. The molecule has 1 amide bonds. The molecule has 0 fully saturated rings. The van der Waals surface area contributed by atoms with Crippen LogP contribution in [-0.2, 0) is 11.9 Å². The first-order valence-electron chi connectivity index (χ1n) is 6.17. The van der Waals surface area contributed by atoms with Gasteiger partial charge in [0.2, 0.25) is 0 Å². The van der Waals surface area contributed by atoms with Crippen molar-refractivity contribution < 1.29 is 4.79 Å². The van der Waals surface area contributed by atoms with E-state index in [4.69, 9.17) is 0 Å². The van der Waals surface area contributed by atoms with Gasteiger partial charge in [-0.05, 0) is 30.2 Å². The van der Waals surface area contributed by atoms with Crippen molar-refractivity contribution in [2.45, 2.75) is 18.8 Å². The zero-order valence-corrected chi connectivity index (χ0v) is 12.4. The number of aryl methyl sites for hydroxylation is 1. The predicted octanol–water partition coefficient (Wildman–Crippen LogP) is 3.82. The molecule has 98 valence electrons. The third-order valence-electron chi connectivity index (χ3n) is 2.88. The van der Waals surface area contributed by atoms with Gasteiger partial charge in [0.15, 0.2) is 0 Å². The Morgan fingerprint density at radius 2 is 1.84 bits per heavy atom. The molecule has 0 aromatic heterocycles. The molecule has 0 atom stereocenters. The summed E-state index contributed by atoms with van der Waals surface area (Å²) in [6.45, 7) is 2.53. The normalized spacial score (nSPS) is 10.2. The smallest absolute Gasteiger partial charge is 0.251 e. The van der Waals surface area contributed by atoms with Gasteiger partial charge < -0.3 is 5.32 Å². The van der Waals surface area contributed by atoms with Crippen molar-refractivity contribution >= 4 is 21.8 Å². The number of benzene rings is 2. The Balaban J connectivity index is 2.00. The molecule has 0 saturated carbocycles. The summed E-state index contributed by atoms with van der Waals surface area (Å²) in [5.41, 5.74) is 4.12. The quantitative estimate of drug-likeness (QED) is 0.853. The average molecular weight is 318 g/mol. The van der Waals surface area contributed by atoms with Gasteiger partial charge in [-0.15, -0.1) is 0 Å². The summed E-state index contributed by atoms with van der Waals surface area (Å²) in [7, 11) is 0. The third kappa shape index (κ3) is 3.93.